The van der Waals surface area contributed by atoms with E-state index < -0.39 is 0 Å². The van der Waals surface area contributed by atoms with Crippen molar-refractivity contribution in [1.82, 2.24) is 5.32 Å². The van der Waals surface area contributed by atoms with Crippen LogP contribution in [0.3, 0.4) is 0 Å². The topological polar surface area (TPSA) is 21.3 Å². The van der Waals surface area contributed by atoms with Gasteiger partial charge >= 0.3 is 0 Å². The Kier molecular flexibility index (Phi) is 10.5. The van der Waals surface area contributed by atoms with Crippen molar-refractivity contribution in [1.29, 1.82) is 0 Å². The number of hydrogen-bond acceptors (Lipinski definition) is 2. The van der Waals surface area contributed by atoms with Crippen LogP contribution in [0.25, 0.3) is 0 Å². The molecule has 0 saturated heterocycles. The van der Waals surface area contributed by atoms with Crippen molar-refractivity contribution in [3.8, 4) is 0 Å². The van der Waals surface area contributed by atoms with Crippen LogP contribution < -0.4 is 5.32 Å². The second kappa shape index (κ2) is 10.3. The molecule has 3 heteroatoms. The number of hydrogen-bond donors (Lipinski definition) is 1. The average Bonchev–Trinajstić information content (AvgIpc) is 2.14. The summed E-state index contributed by atoms with van der Waals surface area (Å²) in [6.45, 7) is 4.17. The molecular weight excluding hydrogens is 186 g/mol. The van der Waals surface area contributed by atoms with E-state index in [0.717, 1.165) is 31.9 Å². The van der Waals surface area contributed by atoms with E-state index in [0.29, 0.717) is 6.04 Å². The summed E-state index contributed by atoms with van der Waals surface area (Å²) in [5, 5.41) is 3.46. The highest BCUT2D eigenvalue weighted by atomic mass is 35.5. The zero-order chi connectivity index (χ0) is 9.94. The zero-order valence-electron chi connectivity index (χ0n) is 8.81. The predicted octanol–water partition coefficient (Wildman–Crippen LogP) is 2.41. The highest BCUT2D eigenvalue weighted by Gasteiger charge is 1.99. The molecule has 2 nitrogen and oxygen atoms in total. The van der Waals surface area contributed by atoms with Gasteiger partial charge < -0.3 is 10.1 Å². The third kappa shape index (κ3) is 10.1. The third-order valence-electron chi connectivity index (χ3n) is 2.04. The molecule has 0 aromatic carbocycles. The molecule has 0 heterocycles. The standard InChI is InChI=1S/C10H22ClNO/c1-10(6-5-7-11)12-8-3-4-9-13-2/h10,12H,3-9H2,1-2H3. The fraction of sp³-hybridized carbons (Fsp3) is 1.00. The first-order valence-corrected chi connectivity index (χ1v) is 5.63. The SMILES string of the molecule is COCCCCNC(C)CCCCl. The summed E-state index contributed by atoms with van der Waals surface area (Å²) >= 11 is 5.60. The molecule has 0 aliphatic carbocycles. The lowest BCUT2D eigenvalue weighted by atomic mass is 10.2. The molecule has 0 aliphatic rings. The monoisotopic (exact) mass is 207 g/mol. The maximum atomic E-state index is 5.60. The molecule has 80 valence electrons. The minimum absolute atomic E-state index is 0.598. The van der Waals surface area contributed by atoms with Crippen molar-refractivity contribution in [2.45, 2.75) is 38.6 Å². The van der Waals surface area contributed by atoms with Crippen molar-refractivity contribution < 1.29 is 4.74 Å². The van der Waals surface area contributed by atoms with Crippen LogP contribution in [0.5, 0.6) is 0 Å². The van der Waals surface area contributed by atoms with Gasteiger partial charge in [0.1, 0.15) is 0 Å². The van der Waals surface area contributed by atoms with E-state index in [-0.39, 0.29) is 0 Å². The minimum atomic E-state index is 0.598. The third-order valence-corrected chi connectivity index (χ3v) is 2.31. The molecule has 0 aromatic heterocycles. The lowest BCUT2D eigenvalue weighted by Gasteiger charge is -2.12. The molecule has 0 radical (unpaired) electrons. The Balaban J connectivity index is 3.03. The van der Waals surface area contributed by atoms with Gasteiger partial charge in [0, 0.05) is 25.6 Å². The van der Waals surface area contributed by atoms with E-state index in [2.05, 4.69) is 12.2 Å². The van der Waals surface area contributed by atoms with Crippen LogP contribution in [-0.2, 0) is 4.74 Å². The Morgan fingerprint density at radius 2 is 2.08 bits per heavy atom. The summed E-state index contributed by atoms with van der Waals surface area (Å²) in [5.41, 5.74) is 0. The van der Waals surface area contributed by atoms with Crippen molar-refractivity contribution >= 4 is 11.6 Å². The number of methoxy groups -OCH3 is 1. The molecular formula is C10H22ClNO. The van der Waals surface area contributed by atoms with E-state index in [9.17, 15) is 0 Å². The summed E-state index contributed by atoms with van der Waals surface area (Å²) in [7, 11) is 1.75. The smallest absolute Gasteiger partial charge is 0.0462 e. The van der Waals surface area contributed by atoms with E-state index >= 15 is 0 Å². The van der Waals surface area contributed by atoms with E-state index in [1.165, 1.54) is 12.8 Å². The van der Waals surface area contributed by atoms with Gasteiger partial charge in [-0.05, 0) is 39.2 Å². The maximum absolute atomic E-state index is 5.60. The Morgan fingerprint density at radius 3 is 2.69 bits per heavy atom. The van der Waals surface area contributed by atoms with Crippen molar-refractivity contribution in [3.63, 3.8) is 0 Å². The van der Waals surface area contributed by atoms with Crippen molar-refractivity contribution in [2.75, 3.05) is 26.1 Å². The zero-order valence-corrected chi connectivity index (χ0v) is 9.57. The van der Waals surface area contributed by atoms with Crippen molar-refractivity contribution in [3.05, 3.63) is 0 Å². The minimum Gasteiger partial charge on any atom is -0.385 e. The quantitative estimate of drug-likeness (QED) is 0.463. The summed E-state index contributed by atoms with van der Waals surface area (Å²) in [6, 6.07) is 0.598. The molecule has 0 bridgehead atoms. The molecule has 0 fully saturated rings. The van der Waals surface area contributed by atoms with Crippen molar-refractivity contribution in [2.24, 2.45) is 0 Å². The molecule has 1 atom stereocenters. The predicted molar refractivity (Wildman–Crippen MR) is 58.5 cm³/mol. The van der Waals surface area contributed by atoms with Crippen LogP contribution in [0.15, 0.2) is 0 Å². The van der Waals surface area contributed by atoms with Crippen LogP contribution in [0.4, 0.5) is 0 Å². The molecule has 0 spiro atoms. The second-order valence-electron chi connectivity index (χ2n) is 3.39. The number of unbranched alkanes of at least 4 members (excludes halogenated alkanes) is 1. The van der Waals surface area contributed by atoms with Gasteiger partial charge in [-0.2, -0.15) is 0 Å². The van der Waals surface area contributed by atoms with E-state index in [1.807, 2.05) is 0 Å². The Hall–Kier alpha value is 0.210. The van der Waals surface area contributed by atoms with Gasteiger partial charge in [0.2, 0.25) is 0 Å². The van der Waals surface area contributed by atoms with Gasteiger partial charge in [0.15, 0.2) is 0 Å². The number of halogens is 1. The van der Waals surface area contributed by atoms with E-state index in [1.54, 1.807) is 7.11 Å². The largest absolute Gasteiger partial charge is 0.385 e. The normalized spacial score (nSPS) is 13.2. The van der Waals surface area contributed by atoms with Crippen LogP contribution in [0, 0.1) is 0 Å². The second-order valence-corrected chi connectivity index (χ2v) is 3.76. The van der Waals surface area contributed by atoms with Gasteiger partial charge in [0.05, 0.1) is 0 Å². The molecule has 1 N–H and O–H groups in total. The first-order valence-electron chi connectivity index (χ1n) is 5.09. The first kappa shape index (κ1) is 13.2. The van der Waals surface area contributed by atoms with Gasteiger partial charge in [-0.3, -0.25) is 0 Å². The first-order chi connectivity index (χ1) is 6.31. The fourth-order valence-electron chi connectivity index (χ4n) is 1.21. The summed E-state index contributed by atoms with van der Waals surface area (Å²) < 4.78 is 4.97. The number of ether oxygens (including phenoxy) is 1. The van der Waals surface area contributed by atoms with Crippen LogP contribution >= 0.6 is 11.6 Å². The number of alkyl halides is 1. The van der Waals surface area contributed by atoms with Gasteiger partial charge in [-0.1, -0.05) is 0 Å². The van der Waals surface area contributed by atoms with Gasteiger partial charge in [0.25, 0.3) is 0 Å². The lowest BCUT2D eigenvalue weighted by molar-refractivity contribution is 0.192. The molecule has 0 aliphatic heterocycles. The molecule has 0 rings (SSSR count). The number of nitrogens with one attached hydrogen (secondary N) is 1. The number of rotatable bonds is 9. The van der Waals surface area contributed by atoms with E-state index in [4.69, 9.17) is 16.3 Å². The Bertz CT molecular complexity index is 101. The molecule has 0 saturated carbocycles. The summed E-state index contributed by atoms with van der Waals surface area (Å²) in [5.74, 6) is 0.774. The average molecular weight is 208 g/mol. The highest BCUT2D eigenvalue weighted by molar-refractivity contribution is 6.17. The van der Waals surface area contributed by atoms with Crippen LogP contribution in [0.1, 0.15) is 32.6 Å². The summed E-state index contributed by atoms with van der Waals surface area (Å²) in [4.78, 5) is 0. The molecule has 1 unspecified atom stereocenters. The Morgan fingerprint density at radius 1 is 1.31 bits per heavy atom. The maximum Gasteiger partial charge on any atom is 0.0462 e. The summed E-state index contributed by atoms with van der Waals surface area (Å²) in [6.07, 6.45) is 4.62. The molecule has 0 aromatic rings. The Labute approximate surface area is 87.0 Å². The molecule has 13 heavy (non-hydrogen) atoms. The lowest BCUT2D eigenvalue weighted by Crippen LogP contribution is -2.27. The van der Waals surface area contributed by atoms with Gasteiger partial charge in [-0.15, -0.1) is 11.6 Å². The highest BCUT2D eigenvalue weighted by Crippen LogP contribution is 1.98. The van der Waals surface area contributed by atoms with Crippen LogP contribution in [0.2, 0.25) is 0 Å². The van der Waals surface area contributed by atoms with Crippen LogP contribution in [-0.4, -0.2) is 32.2 Å². The molecule has 0 amide bonds. The fourth-order valence-corrected chi connectivity index (χ4v) is 1.36. The van der Waals surface area contributed by atoms with Gasteiger partial charge in [-0.25, -0.2) is 0 Å².